The van der Waals surface area contributed by atoms with Crippen LogP contribution in [0.25, 0.3) is 0 Å². The highest BCUT2D eigenvalue weighted by atomic mass is 16.5. The molecule has 0 spiro atoms. The minimum atomic E-state index is -0.599. The summed E-state index contributed by atoms with van der Waals surface area (Å²) in [5, 5.41) is 2.92. The fraction of sp³-hybridized carbons (Fsp3) is 0.577. The minimum Gasteiger partial charge on any atom is -0.463 e. The molecule has 6 nitrogen and oxygen atoms in total. The normalized spacial score (nSPS) is 16.8. The molecule has 1 unspecified atom stereocenters. The van der Waals surface area contributed by atoms with Crippen LogP contribution in [0.4, 0.5) is 0 Å². The van der Waals surface area contributed by atoms with Gasteiger partial charge >= 0.3 is 5.97 Å². The van der Waals surface area contributed by atoms with E-state index in [9.17, 15) is 14.4 Å². The minimum absolute atomic E-state index is 0.0772. The van der Waals surface area contributed by atoms with Crippen molar-refractivity contribution in [2.75, 3.05) is 20.2 Å². The van der Waals surface area contributed by atoms with Crippen molar-refractivity contribution < 1.29 is 19.1 Å². The van der Waals surface area contributed by atoms with E-state index in [1.54, 1.807) is 31.9 Å². The van der Waals surface area contributed by atoms with Crippen molar-refractivity contribution in [3.05, 3.63) is 47.5 Å². The third kappa shape index (κ3) is 5.78. The topological polar surface area (TPSA) is 75.7 Å². The molecule has 0 heterocycles. The standard InChI is InChI=1S/C26H38N2O4/c1-7-26(21-14-15-21,20-12-10-9-11-13-20)25(31)27-17-23(29)28(6)22(18(3)4)16-19(5)24(30)32-8-2/h9-13,16,18,21-22H,7-8,14-15,17H2,1-6H3,(H,27,31)/b19-16+/t22-,26?/m1/s1. The van der Waals surface area contributed by atoms with Gasteiger partial charge in [-0.15, -0.1) is 0 Å². The van der Waals surface area contributed by atoms with Crippen molar-refractivity contribution >= 4 is 17.8 Å². The van der Waals surface area contributed by atoms with Gasteiger partial charge in [-0.1, -0.05) is 57.2 Å². The Labute approximate surface area is 192 Å². The van der Waals surface area contributed by atoms with Gasteiger partial charge in [0.2, 0.25) is 11.8 Å². The number of carbonyl (C=O) groups is 3. The molecule has 176 valence electrons. The maximum absolute atomic E-state index is 13.4. The molecule has 0 saturated heterocycles. The molecular formula is C26H38N2O4. The molecule has 0 aliphatic heterocycles. The highest BCUT2D eigenvalue weighted by Gasteiger charge is 2.50. The number of amides is 2. The Bertz CT molecular complexity index is 829. The Balaban J connectivity index is 2.12. The molecule has 0 radical (unpaired) electrons. The molecule has 2 rings (SSSR count). The molecule has 1 saturated carbocycles. The van der Waals surface area contributed by atoms with Gasteiger partial charge in [0.15, 0.2) is 0 Å². The van der Waals surface area contributed by atoms with Crippen LogP contribution in [0.3, 0.4) is 0 Å². The van der Waals surface area contributed by atoms with Crippen LogP contribution in [0.5, 0.6) is 0 Å². The fourth-order valence-electron chi connectivity index (χ4n) is 4.44. The summed E-state index contributed by atoms with van der Waals surface area (Å²) in [5.41, 5.74) is 0.881. The molecule has 1 aromatic carbocycles. The van der Waals surface area contributed by atoms with Crippen molar-refractivity contribution in [1.29, 1.82) is 0 Å². The summed E-state index contributed by atoms with van der Waals surface area (Å²) in [6.45, 7) is 9.70. The van der Waals surface area contributed by atoms with E-state index in [0.717, 1.165) is 18.4 Å². The van der Waals surface area contributed by atoms with Crippen LogP contribution in [-0.4, -0.2) is 48.9 Å². The number of nitrogens with zero attached hydrogens (tertiary/aromatic N) is 1. The molecule has 2 atom stereocenters. The maximum Gasteiger partial charge on any atom is 0.333 e. The summed E-state index contributed by atoms with van der Waals surface area (Å²) in [6.07, 6.45) is 4.51. The first-order chi connectivity index (χ1) is 15.2. The molecule has 1 aliphatic carbocycles. The molecule has 1 aromatic rings. The van der Waals surface area contributed by atoms with Crippen molar-refractivity contribution in [3.63, 3.8) is 0 Å². The summed E-state index contributed by atoms with van der Waals surface area (Å²) >= 11 is 0. The van der Waals surface area contributed by atoms with Crippen LogP contribution in [0.1, 0.15) is 59.4 Å². The number of hydrogen-bond acceptors (Lipinski definition) is 4. The maximum atomic E-state index is 13.4. The molecule has 1 fully saturated rings. The zero-order valence-corrected chi connectivity index (χ0v) is 20.3. The van der Waals surface area contributed by atoms with Gasteiger partial charge in [-0.2, -0.15) is 0 Å². The quantitative estimate of drug-likeness (QED) is 0.417. The average Bonchev–Trinajstić information content (AvgIpc) is 3.62. The second kappa shape index (κ2) is 11.3. The van der Waals surface area contributed by atoms with Crippen LogP contribution in [0.2, 0.25) is 0 Å². The van der Waals surface area contributed by atoms with Gasteiger partial charge in [0.1, 0.15) is 0 Å². The number of benzene rings is 1. The molecule has 0 aromatic heterocycles. The third-order valence-corrected chi connectivity index (χ3v) is 6.47. The van der Waals surface area contributed by atoms with Gasteiger partial charge in [-0.05, 0) is 50.5 Å². The third-order valence-electron chi connectivity index (χ3n) is 6.47. The van der Waals surface area contributed by atoms with Gasteiger partial charge in [0.25, 0.3) is 0 Å². The predicted molar refractivity (Wildman–Crippen MR) is 126 cm³/mol. The fourth-order valence-corrected chi connectivity index (χ4v) is 4.44. The molecule has 0 bridgehead atoms. The van der Waals surface area contributed by atoms with Gasteiger partial charge < -0.3 is 15.0 Å². The number of hydrogen-bond donors (Lipinski definition) is 1. The largest absolute Gasteiger partial charge is 0.463 e. The smallest absolute Gasteiger partial charge is 0.333 e. The summed E-state index contributed by atoms with van der Waals surface area (Å²) in [4.78, 5) is 40.0. The first-order valence-electron chi connectivity index (χ1n) is 11.6. The SMILES string of the molecule is CCOC(=O)/C(C)=C/[C@H](C(C)C)N(C)C(=O)CNC(=O)C(CC)(c1ccccc1)C1CC1. The molecule has 2 amide bonds. The van der Waals surface area contributed by atoms with Crippen molar-refractivity contribution in [2.24, 2.45) is 11.8 Å². The summed E-state index contributed by atoms with van der Waals surface area (Å²) in [7, 11) is 1.71. The van der Waals surface area contributed by atoms with Crippen LogP contribution >= 0.6 is 0 Å². The van der Waals surface area contributed by atoms with Crippen LogP contribution < -0.4 is 5.32 Å². The molecule has 1 N–H and O–H groups in total. The lowest BCUT2D eigenvalue weighted by atomic mass is 9.73. The van der Waals surface area contributed by atoms with Crippen molar-refractivity contribution in [2.45, 2.75) is 65.3 Å². The lowest BCUT2D eigenvalue weighted by molar-refractivity contribution is -0.138. The molecule has 6 heteroatoms. The lowest BCUT2D eigenvalue weighted by Crippen LogP contribution is -2.50. The van der Waals surface area contributed by atoms with Gasteiger partial charge in [-0.25, -0.2) is 4.79 Å². The zero-order valence-electron chi connectivity index (χ0n) is 20.3. The molecule has 32 heavy (non-hydrogen) atoms. The van der Waals surface area contributed by atoms with E-state index in [-0.39, 0.29) is 36.3 Å². The number of carbonyl (C=O) groups excluding carboxylic acids is 3. The number of esters is 1. The van der Waals surface area contributed by atoms with E-state index in [4.69, 9.17) is 4.74 Å². The average molecular weight is 443 g/mol. The van der Waals surface area contributed by atoms with E-state index in [2.05, 4.69) is 5.32 Å². The number of ether oxygens (including phenoxy) is 1. The Morgan fingerprint density at radius 1 is 1.19 bits per heavy atom. The van der Waals surface area contributed by atoms with Gasteiger partial charge in [0.05, 0.1) is 24.6 Å². The van der Waals surface area contributed by atoms with Crippen molar-refractivity contribution in [1.82, 2.24) is 10.2 Å². The van der Waals surface area contributed by atoms with Gasteiger partial charge in [-0.3, -0.25) is 9.59 Å². The van der Waals surface area contributed by atoms with Crippen LogP contribution in [0.15, 0.2) is 42.0 Å². The molecule has 1 aliphatic rings. The highest BCUT2D eigenvalue weighted by Crippen LogP contribution is 2.49. The second-order valence-electron chi connectivity index (χ2n) is 8.96. The van der Waals surface area contributed by atoms with E-state index in [1.165, 1.54) is 0 Å². The summed E-state index contributed by atoms with van der Waals surface area (Å²) in [5.74, 6) is -0.267. The second-order valence-corrected chi connectivity index (χ2v) is 8.96. The van der Waals surface area contributed by atoms with Crippen LogP contribution in [0, 0.1) is 11.8 Å². The lowest BCUT2D eigenvalue weighted by Gasteiger charge is -2.33. The Kier molecular flexibility index (Phi) is 9.05. The van der Waals surface area contributed by atoms with Gasteiger partial charge in [0, 0.05) is 12.6 Å². The number of nitrogens with one attached hydrogen (secondary N) is 1. The highest BCUT2D eigenvalue weighted by molar-refractivity contribution is 5.92. The Hall–Kier alpha value is -2.63. The predicted octanol–water partition coefficient (Wildman–Crippen LogP) is 3.85. The van der Waals surface area contributed by atoms with E-state index in [0.29, 0.717) is 24.5 Å². The summed E-state index contributed by atoms with van der Waals surface area (Å²) in [6, 6.07) is 9.60. The zero-order chi connectivity index (χ0) is 23.9. The van der Waals surface area contributed by atoms with Crippen LogP contribution in [-0.2, 0) is 24.5 Å². The van der Waals surface area contributed by atoms with Crippen molar-refractivity contribution in [3.8, 4) is 0 Å². The monoisotopic (exact) mass is 442 g/mol. The summed E-state index contributed by atoms with van der Waals surface area (Å²) < 4.78 is 5.06. The van der Waals surface area contributed by atoms with E-state index >= 15 is 0 Å². The number of rotatable bonds is 11. The molecular weight excluding hydrogens is 404 g/mol. The Morgan fingerprint density at radius 3 is 2.31 bits per heavy atom. The van der Waals surface area contributed by atoms with E-state index < -0.39 is 5.41 Å². The van der Waals surface area contributed by atoms with E-state index in [1.807, 2.05) is 51.1 Å². The first-order valence-corrected chi connectivity index (χ1v) is 11.6. The first kappa shape index (κ1) is 25.6. The Morgan fingerprint density at radius 2 is 1.81 bits per heavy atom. The number of likely N-dealkylation sites (N-methyl/N-ethyl adjacent to an activating group) is 1.